The van der Waals surface area contributed by atoms with Crippen molar-refractivity contribution in [1.29, 1.82) is 0 Å². The quantitative estimate of drug-likeness (QED) is 0.878. The lowest BCUT2D eigenvalue weighted by Crippen LogP contribution is -2.44. The van der Waals surface area contributed by atoms with Crippen LogP contribution in [-0.2, 0) is 4.79 Å². The summed E-state index contributed by atoms with van der Waals surface area (Å²) in [7, 11) is 0. The number of thioether (sulfide) groups is 2. The highest BCUT2D eigenvalue weighted by Crippen LogP contribution is 2.37. The molecule has 0 aromatic heterocycles. The molecule has 1 saturated heterocycles. The second-order valence-electron chi connectivity index (χ2n) is 4.63. The zero-order valence-corrected chi connectivity index (χ0v) is 12.0. The van der Waals surface area contributed by atoms with Gasteiger partial charge in [-0.1, -0.05) is 12.1 Å². The molecule has 0 bridgehead atoms. The first-order chi connectivity index (χ1) is 9.25. The lowest BCUT2D eigenvalue weighted by atomic mass is 10.0. The van der Waals surface area contributed by atoms with Gasteiger partial charge in [0.2, 0.25) is 5.91 Å². The second kappa shape index (κ2) is 5.73. The van der Waals surface area contributed by atoms with Gasteiger partial charge in [-0.05, 0) is 18.1 Å². The molecule has 3 rings (SSSR count). The van der Waals surface area contributed by atoms with E-state index in [0.29, 0.717) is 4.90 Å². The van der Waals surface area contributed by atoms with Crippen molar-refractivity contribution in [3.63, 3.8) is 0 Å². The van der Waals surface area contributed by atoms with Crippen LogP contribution in [0.3, 0.4) is 0 Å². The Hall–Kier alpha value is -0.720. The van der Waals surface area contributed by atoms with Gasteiger partial charge in [0.15, 0.2) is 0 Å². The highest BCUT2D eigenvalue weighted by Gasteiger charge is 2.28. The molecule has 1 aromatic carbocycles. The van der Waals surface area contributed by atoms with Gasteiger partial charge in [0.25, 0.3) is 0 Å². The summed E-state index contributed by atoms with van der Waals surface area (Å²) in [5.41, 5.74) is 0.912. The molecule has 1 amide bonds. The molecular weight excluding hydrogens is 283 g/mol. The van der Waals surface area contributed by atoms with Crippen molar-refractivity contribution in [3.8, 4) is 0 Å². The summed E-state index contributed by atoms with van der Waals surface area (Å²) < 4.78 is 13.7. The third kappa shape index (κ3) is 2.75. The largest absolute Gasteiger partial charge is 0.348 e. The summed E-state index contributed by atoms with van der Waals surface area (Å²) in [4.78, 5) is 12.8. The summed E-state index contributed by atoms with van der Waals surface area (Å²) >= 11 is 3.26. The van der Waals surface area contributed by atoms with Gasteiger partial charge >= 0.3 is 0 Å². The van der Waals surface area contributed by atoms with Crippen molar-refractivity contribution in [3.05, 3.63) is 29.6 Å². The molecule has 2 atom stereocenters. The minimum Gasteiger partial charge on any atom is -0.348 e. The van der Waals surface area contributed by atoms with Crippen LogP contribution in [0, 0.1) is 5.82 Å². The average molecular weight is 298 g/mol. The van der Waals surface area contributed by atoms with Crippen LogP contribution in [0.25, 0.3) is 0 Å². The van der Waals surface area contributed by atoms with Crippen molar-refractivity contribution in [1.82, 2.24) is 10.6 Å². The lowest BCUT2D eigenvalue weighted by molar-refractivity contribution is -0.123. The Morgan fingerprint density at radius 3 is 3.16 bits per heavy atom. The Morgan fingerprint density at radius 2 is 2.37 bits per heavy atom. The van der Waals surface area contributed by atoms with Crippen LogP contribution in [0.2, 0.25) is 0 Å². The van der Waals surface area contributed by atoms with Crippen molar-refractivity contribution in [2.45, 2.75) is 23.4 Å². The zero-order valence-electron chi connectivity index (χ0n) is 10.3. The van der Waals surface area contributed by atoms with Crippen molar-refractivity contribution in [2.24, 2.45) is 0 Å². The summed E-state index contributed by atoms with van der Waals surface area (Å²) in [5.74, 6) is 2.31. The molecule has 0 radical (unpaired) electrons. The number of carbonyl (C=O) groups is 1. The van der Waals surface area contributed by atoms with E-state index in [0.717, 1.165) is 29.4 Å². The topological polar surface area (TPSA) is 41.1 Å². The smallest absolute Gasteiger partial charge is 0.238 e. The van der Waals surface area contributed by atoms with E-state index in [1.54, 1.807) is 17.8 Å². The molecule has 6 heteroatoms. The zero-order chi connectivity index (χ0) is 13.2. The Labute approximate surface area is 120 Å². The van der Waals surface area contributed by atoms with Gasteiger partial charge in [-0.15, -0.1) is 23.5 Å². The van der Waals surface area contributed by atoms with Crippen LogP contribution in [-0.4, -0.2) is 29.3 Å². The van der Waals surface area contributed by atoms with E-state index in [-0.39, 0.29) is 23.8 Å². The number of fused-ring (bicyclic) bond motifs is 1. The molecule has 19 heavy (non-hydrogen) atoms. The Bertz CT molecular complexity index is 492. The van der Waals surface area contributed by atoms with Gasteiger partial charge < -0.3 is 5.32 Å². The molecule has 0 saturated carbocycles. The van der Waals surface area contributed by atoms with Gasteiger partial charge in [-0.2, -0.15) is 0 Å². The molecule has 0 aliphatic carbocycles. The Kier molecular flexibility index (Phi) is 4.00. The van der Waals surface area contributed by atoms with Gasteiger partial charge in [-0.25, -0.2) is 4.39 Å². The molecule has 1 fully saturated rings. The number of hydrogen-bond acceptors (Lipinski definition) is 4. The fourth-order valence-electron chi connectivity index (χ4n) is 2.37. The molecule has 2 N–H and O–H groups in total. The van der Waals surface area contributed by atoms with Crippen LogP contribution in [0.5, 0.6) is 0 Å². The minimum absolute atomic E-state index is 0.0251. The first-order valence-electron chi connectivity index (χ1n) is 6.28. The summed E-state index contributed by atoms with van der Waals surface area (Å²) in [6.07, 6.45) is 0.854. The molecular formula is C13H15FN2OS2. The number of hydrogen-bond donors (Lipinski definition) is 2. The van der Waals surface area contributed by atoms with Crippen LogP contribution >= 0.6 is 23.5 Å². The minimum atomic E-state index is -0.184. The molecule has 1 aromatic rings. The first-order valence-corrected chi connectivity index (χ1v) is 8.42. The maximum Gasteiger partial charge on any atom is 0.238 e. The van der Waals surface area contributed by atoms with E-state index < -0.39 is 0 Å². The highest BCUT2D eigenvalue weighted by molar-refractivity contribution is 7.99. The monoisotopic (exact) mass is 298 g/mol. The fourth-order valence-corrected chi connectivity index (χ4v) is 4.45. The molecule has 0 spiro atoms. The Morgan fingerprint density at radius 1 is 1.47 bits per heavy atom. The van der Waals surface area contributed by atoms with Gasteiger partial charge in [0.05, 0.1) is 12.1 Å². The number of nitrogens with one attached hydrogen (secondary N) is 2. The number of halogens is 1. The molecule has 102 valence electrons. The van der Waals surface area contributed by atoms with Crippen LogP contribution in [0.15, 0.2) is 23.1 Å². The van der Waals surface area contributed by atoms with Crippen molar-refractivity contribution in [2.75, 3.05) is 17.4 Å². The van der Waals surface area contributed by atoms with Gasteiger partial charge in [0, 0.05) is 22.3 Å². The maximum atomic E-state index is 13.7. The van der Waals surface area contributed by atoms with Gasteiger partial charge in [-0.3, -0.25) is 10.1 Å². The van der Waals surface area contributed by atoms with E-state index in [2.05, 4.69) is 10.6 Å². The standard InChI is InChI=1S/C13H15FN2OS2/c14-9-3-1-2-8-10(4-5-19-12(8)9)16-13(17)11-6-18-7-15-11/h1-3,10-11,15H,4-7H2,(H,16,17). The number of rotatable bonds is 2. The van der Waals surface area contributed by atoms with Crippen molar-refractivity contribution >= 4 is 29.4 Å². The first kappa shape index (κ1) is 13.3. The van der Waals surface area contributed by atoms with E-state index in [9.17, 15) is 9.18 Å². The van der Waals surface area contributed by atoms with E-state index >= 15 is 0 Å². The number of benzene rings is 1. The normalized spacial score (nSPS) is 25.9. The molecule has 2 unspecified atom stereocenters. The van der Waals surface area contributed by atoms with Gasteiger partial charge in [0.1, 0.15) is 5.82 Å². The van der Waals surface area contributed by atoms with Crippen LogP contribution in [0.1, 0.15) is 18.0 Å². The Balaban J connectivity index is 1.76. The lowest BCUT2D eigenvalue weighted by Gasteiger charge is -2.27. The van der Waals surface area contributed by atoms with E-state index in [1.165, 1.54) is 17.8 Å². The summed E-state index contributed by atoms with van der Waals surface area (Å²) in [5, 5.41) is 6.20. The molecule has 2 aliphatic heterocycles. The predicted octanol–water partition coefficient (Wildman–Crippen LogP) is 2.14. The van der Waals surface area contributed by atoms with Crippen LogP contribution in [0.4, 0.5) is 4.39 Å². The average Bonchev–Trinajstić information content (AvgIpc) is 2.94. The maximum absolute atomic E-state index is 13.7. The molecule has 3 nitrogen and oxygen atoms in total. The third-order valence-corrected chi connectivity index (χ3v) is 5.47. The fraction of sp³-hybridized carbons (Fsp3) is 0.462. The summed E-state index contributed by atoms with van der Waals surface area (Å²) in [6.45, 7) is 0. The van der Waals surface area contributed by atoms with E-state index in [4.69, 9.17) is 0 Å². The summed E-state index contributed by atoms with van der Waals surface area (Å²) in [6, 6.07) is 4.92. The molecule has 2 heterocycles. The predicted molar refractivity (Wildman–Crippen MR) is 76.9 cm³/mol. The number of amides is 1. The number of carbonyl (C=O) groups excluding carboxylic acids is 1. The van der Waals surface area contributed by atoms with Crippen LogP contribution < -0.4 is 10.6 Å². The van der Waals surface area contributed by atoms with E-state index in [1.807, 2.05) is 6.07 Å². The SMILES string of the molecule is O=C(NC1CCSc2c(F)cccc21)C1CSCN1. The van der Waals surface area contributed by atoms with Crippen molar-refractivity contribution < 1.29 is 9.18 Å². The third-order valence-electron chi connectivity index (χ3n) is 3.38. The second-order valence-corrected chi connectivity index (χ2v) is 6.76. The molecule has 2 aliphatic rings. The highest BCUT2D eigenvalue weighted by atomic mass is 32.2.